The Morgan fingerprint density at radius 3 is 2.83 bits per heavy atom. The van der Waals surface area contributed by atoms with Crippen LogP contribution in [-0.4, -0.2) is 11.0 Å². The second-order valence-electron chi connectivity index (χ2n) is 5.20. The van der Waals surface area contributed by atoms with E-state index < -0.39 is 0 Å². The smallest absolute Gasteiger partial charge is 0.0419 e. The van der Waals surface area contributed by atoms with E-state index >= 15 is 0 Å². The number of aromatic nitrogens is 1. The standard InChI is InChI=1S/C16H18N2/c1-11-6-7-13(18-10-11)9-16(17)15-8-12-4-2-3-5-14(12)15/h2-7,10,15-16H,8-9,17H2,1H3. The zero-order valence-corrected chi connectivity index (χ0v) is 10.6. The third kappa shape index (κ3) is 2.04. The molecule has 2 heteroatoms. The Bertz CT molecular complexity index is 545. The molecule has 1 aliphatic rings. The molecule has 0 bridgehead atoms. The lowest BCUT2D eigenvalue weighted by Crippen LogP contribution is -2.37. The van der Waals surface area contributed by atoms with Crippen molar-refractivity contribution in [1.29, 1.82) is 0 Å². The van der Waals surface area contributed by atoms with Gasteiger partial charge in [0.2, 0.25) is 0 Å². The minimum atomic E-state index is 0.176. The van der Waals surface area contributed by atoms with Crippen LogP contribution in [0, 0.1) is 6.92 Å². The Balaban J connectivity index is 1.70. The number of nitrogens with zero attached hydrogens (tertiary/aromatic N) is 1. The maximum Gasteiger partial charge on any atom is 0.0419 e. The highest BCUT2D eigenvalue weighted by atomic mass is 14.7. The molecule has 2 aromatic rings. The molecule has 2 N–H and O–H groups in total. The lowest BCUT2D eigenvalue weighted by molar-refractivity contribution is 0.477. The molecule has 2 nitrogen and oxygen atoms in total. The van der Waals surface area contributed by atoms with Gasteiger partial charge in [0.15, 0.2) is 0 Å². The molecule has 0 radical (unpaired) electrons. The SMILES string of the molecule is Cc1ccc(CC(N)C2Cc3ccccc32)nc1. The number of pyridine rings is 1. The number of benzene rings is 1. The fourth-order valence-electron chi connectivity index (χ4n) is 2.68. The Morgan fingerprint density at radius 2 is 2.11 bits per heavy atom. The van der Waals surface area contributed by atoms with Crippen LogP contribution in [0.25, 0.3) is 0 Å². The summed E-state index contributed by atoms with van der Waals surface area (Å²) in [6, 6.07) is 13.0. The second kappa shape index (κ2) is 4.54. The number of hydrogen-bond acceptors (Lipinski definition) is 2. The van der Waals surface area contributed by atoms with E-state index in [1.54, 1.807) is 0 Å². The third-order valence-electron chi connectivity index (χ3n) is 3.83. The molecule has 1 heterocycles. The summed E-state index contributed by atoms with van der Waals surface area (Å²) in [7, 11) is 0. The van der Waals surface area contributed by atoms with Crippen LogP contribution >= 0.6 is 0 Å². The van der Waals surface area contributed by atoms with Gasteiger partial charge in [-0.2, -0.15) is 0 Å². The zero-order chi connectivity index (χ0) is 12.5. The van der Waals surface area contributed by atoms with Gasteiger partial charge in [-0.25, -0.2) is 0 Å². The highest BCUT2D eigenvalue weighted by Crippen LogP contribution is 2.37. The molecule has 2 unspecified atom stereocenters. The van der Waals surface area contributed by atoms with Crippen molar-refractivity contribution >= 4 is 0 Å². The van der Waals surface area contributed by atoms with Crippen LogP contribution in [0.1, 0.15) is 28.3 Å². The predicted octanol–water partition coefficient (Wildman–Crippen LogP) is 2.60. The van der Waals surface area contributed by atoms with Gasteiger partial charge in [0.05, 0.1) is 0 Å². The van der Waals surface area contributed by atoms with Gasteiger partial charge in [0.1, 0.15) is 0 Å². The van der Waals surface area contributed by atoms with Gasteiger partial charge in [-0.15, -0.1) is 0 Å². The van der Waals surface area contributed by atoms with Crippen LogP contribution in [0.15, 0.2) is 42.6 Å². The molecule has 18 heavy (non-hydrogen) atoms. The fourth-order valence-corrected chi connectivity index (χ4v) is 2.68. The van der Waals surface area contributed by atoms with Gasteiger partial charge in [-0.05, 0) is 36.1 Å². The summed E-state index contributed by atoms with van der Waals surface area (Å²) in [5.74, 6) is 0.504. The van der Waals surface area contributed by atoms with E-state index in [4.69, 9.17) is 5.73 Å². The molecule has 1 aliphatic carbocycles. The predicted molar refractivity (Wildman–Crippen MR) is 73.5 cm³/mol. The molecule has 0 amide bonds. The molecule has 2 atom stereocenters. The van der Waals surface area contributed by atoms with E-state index in [1.165, 1.54) is 16.7 Å². The minimum absolute atomic E-state index is 0.176. The molecule has 1 aromatic heterocycles. The molecule has 3 rings (SSSR count). The Morgan fingerprint density at radius 1 is 1.28 bits per heavy atom. The maximum absolute atomic E-state index is 6.32. The summed E-state index contributed by atoms with van der Waals surface area (Å²) in [5, 5.41) is 0. The van der Waals surface area contributed by atoms with Crippen molar-refractivity contribution in [3.63, 3.8) is 0 Å². The topological polar surface area (TPSA) is 38.9 Å². The largest absolute Gasteiger partial charge is 0.327 e. The highest BCUT2D eigenvalue weighted by Gasteiger charge is 2.30. The Labute approximate surface area is 108 Å². The Hall–Kier alpha value is -1.67. The number of rotatable bonds is 3. The number of fused-ring (bicyclic) bond motifs is 1. The molecule has 0 spiro atoms. The van der Waals surface area contributed by atoms with Gasteiger partial charge in [-0.1, -0.05) is 30.3 Å². The van der Waals surface area contributed by atoms with Crippen LogP contribution in [-0.2, 0) is 12.8 Å². The van der Waals surface area contributed by atoms with E-state index in [-0.39, 0.29) is 6.04 Å². The summed E-state index contributed by atoms with van der Waals surface area (Å²) in [5.41, 5.74) is 11.5. The van der Waals surface area contributed by atoms with Crippen molar-refractivity contribution in [2.24, 2.45) is 5.73 Å². The average Bonchev–Trinajstić information content (AvgIpc) is 2.34. The summed E-state index contributed by atoms with van der Waals surface area (Å²) in [4.78, 5) is 4.44. The van der Waals surface area contributed by atoms with Crippen molar-refractivity contribution in [3.05, 3.63) is 65.0 Å². The molecule has 92 valence electrons. The van der Waals surface area contributed by atoms with E-state index in [9.17, 15) is 0 Å². The first kappa shape index (κ1) is 11.4. The minimum Gasteiger partial charge on any atom is -0.327 e. The molecule has 0 saturated carbocycles. The van der Waals surface area contributed by atoms with Gasteiger partial charge < -0.3 is 5.73 Å². The first-order valence-corrected chi connectivity index (χ1v) is 6.49. The van der Waals surface area contributed by atoms with Gasteiger partial charge >= 0.3 is 0 Å². The molecule has 0 aliphatic heterocycles. The third-order valence-corrected chi connectivity index (χ3v) is 3.83. The molecular weight excluding hydrogens is 220 g/mol. The molecule has 1 aromatic carbocycles. The average molecular weight is 238 g/mol. The number of nitrogens with two attached hydrogens (primary N) is 1. The van der Waals surface area contributed by atoms with Crippen molar-refractivity contribution in [3.8, 4) is 0 Å². The second-order valence-corrected chi connectivity index (χ2v) is 5.20. The van der Waals surface area contributed by atoms with Crippen LogP contribution in [0.5, 0.6) is 0 Å². The number of hydrogen-bond donors (Lipinski definition) is 1. The highest BCUT2D eigenvalue weighted by molar-refractivity contribution is 5.41. The maximum atomic E-state index is 6.32. The van der Waals surface area contributed by atoms with Crippen LogP contribution in [0.2, 0.25) is 0 Å². The van der Waals surface area contributed by atoms with Crippen molar-refractivity contribution < 1.29 is 0 Å². The van der Waals surface area contributed by atoms with E-state index in [2.05, 4.69) is 48.3 Å². The first-order valence-electron chi connectivity index (χ1n) is 6.49. The summed E-state index contributed by atoms with van der Waals surface area (Å²) >= 11 is 0. The zero-order valence-electron chi connectivity index (χ0n) is 10.6. The Kier molecular flexibility index (Phi) is 2.88. The lowest BCUT2D eigenvalue weighted by Gasteiger charge is -2.34. The quantitative estimate of drug-likeness (QED) is 0.892. The van der Waals surface area contributed by atoms with E-state index in [0.29, 0.717) is 5.92 Å². The van der Waals surface area contributed by atoms with Crippen LogP contribution in [0.3, 0.4) is 0 Å². The van der Waals surface area contributed by atoms with Crippen LogP contribution in [0.4, 0.5) is 0 Å². The van der Waals surface area contributed by atoms with Gasteiger partial charge in [-0.3, -0.25) is 4.98 Å². The van der Waals surface area contributed by atoms with Gasteiger partial charge in [0, 0.05) is 30.3 Å². The summed E-state index contributed by atoms with van der Waals surface area (Å²) in [6.07, 6.45) is 3.89. The fraction of sp³-hybridized carbons (Fsp3) is 0.312. The summed E-state index contributed by atoms with van der Waals surface area (Å²) in [6.45, 7) is 2.05. The molecular formula is C16H18N2. The molecule has 0 fully saturated rings. The van der Waals surface area contributed by atoms with Crippen LogP contribution < -0.4 is 5.73 Å². The molecule has 0 saturated heterocycles. The lowest BCUT2D eigenvalue weighted by atomic mass is 9.73. The first-order chi connectivity index (χ1) is 8.74. The van der Waals surface area contributed by atoms with E-state index in [0.717, 1.165) is 18.5 Å². The van der Waals surface area contributed by atoms with Crippen molar-refractivity contribution in [2.45, 2.75) is 31.7 Å². The normalized spacial score (nSPS) is 18.9. The number of aryl methyl sites for hydroxylation is 1. The monoisotopic (exact) mass is 238 g/mol. The van der Waals surface area contributed by atoms with Crippen molar-refractivity contribution in [1.82, 2.24) is 4.98 Å². The van der Waals surface area contributed by atoms with Crippen molar-refractivity contribution in [2.75, 3.05) is 0 Å². The van der Waals surface area contributed by atoms with Gasteiger partial charge in [0.25, 0.3) is 0 Å². The summed E-state index contributed by atoms with van der Waals surface area (Å²) < 4.78 is 0. The van der Waals surface area contributed by atoms with E-state index in [1.807, 2.05) is 6.20 Å².